The van der Waals surface area contributed by atoms with E-state index in [1.165, 1.54) is 12.3 Å². The molecule has 0 aliphatic heterocycles. The molecule has 0 spiro atoms. The van der Waals surface area contributed by atoms with Crippen LogP contribution in [0.3, 0.4) is 0 Å². The summed E-state index contributed by atoms with van der Waals surface area (Å²) in [5, 5.41) is 3.15. The highest BCUT2D eigenvalue weighted by atomic mass is 32.2. The van der Waals surface area contributed by atoms with Crippen LogP contribution in [0.5, 0.6) is 0 Å². The van der Waals surface area contributed by atoms with Crippen LogP contribution in [0.15, 0.2) is 24.3 Å². The van der Waals surface area contributed by atoms with Gasteiger partial charge in [0.25, 0.3) is 0 Å². The van der Waals surface area contributed by atoms with Gasteiger partial charge in [0.2, 0.25) is 0 Å². The molecule has 0 heterocycles. The van der Waals surface area contributed by atoms with Crippen molar-refractivity contribution in [3.05, 3.63) is 35.6 Å². The van der Waals surface area contributed by atoms with Crippen LogP contribution in [0.4, 0.5) is 4.39 Å². The Bertz CT molecular complexity index is 526. The number of hydrogen-bond donors (Lipinski definition) is 1. The van der Waals surface area contributed by atoms with Gasteiger partial charge in [0, 0.05) is 11.8 Å². The number of benzene rings is 1. The van der Waals surface area contributed by atoms with E-state index in [9.17, 15) is 12.8 Å². The van der Waals surface area contributed by atoms with Crippen LogP contribution in [-0.2, 0) is 9.84 Å². The number of sulfone groups is 1. The molecule has 1 N–H and O–H groups in total. The first-order valence-electron chi connectivity index (χ1n) is 6.39. The Hall–Kier alpha value is -0.940. The Balaban J connectivity index is 3.27. The van der Waals surface area contributed by atoms with Crippen LogP contribution in [-0.4, -0.2) is 26.0 Å². The largest absolute Gasteiger partial charge is 0.309 e. The van der Waals surface area contributed by atoms with E-state index in [-0.39, 0.29) is 5.82 Å². The lowest BCUT2D eigenvalue weighted by atomic mass is 9.94. The van der Waals surface area contributed by atoms with Gasteiger partial charge in [-0.2, -0.15) is 0 Å². The van der Waals surface area contributed by atoms with E-state index < -0.39 is 20.6 Å². The number of rotatable bonds is 6. The lowest BCUT2D eigenvalue weighted by molar-refractivity contribution is 0.406. The van der Waals surface area contributed by atoms with Gasteiger partial charge in [-0.15, -0.1) is 0 Å². The molecule has 19 heavy (non-hydrogen) atoms. The molecule has 0 radical (unpaired) electrons. The van der Waals surface area contributed by atoms with Crippen molar-refractivity contribution in [2.45, 2.75) is 38.0 Å². The summed E-state index contributed by atoms with van der Waals surface area (Å²) in [6.07, 6.45) is 2.04. The molecule has 0 aromatic heterocycles. The van der Waals surface area contributed by atoms with Gasteiger partial charge in [-0.1, -0.05) is 25.1 Å². The second-order valence-corrected chi connectivity index (χ2v) is 7.88. The number of hydrogen-bond acceptors (Lipinski definition) is 3. The third-order valence-corrected chi connectivity index (χ3v) is 5.61. The summed E-state index contributed by atoms with van der Waals surface area (Å²) in [4.78, 5) is 0. The molecule has 0 saturated heterocycles. The molecule has 1 aromatic carbocycles. The predicted molar refractivity (Wildman–Crippen MR) is 76.4 cm³/mol. The first kappa shape index (κ1) is 16.1. The summed E-state index contributed by atoms with van der Waals surface area (Å²) >= 11 is 0. The van der Waals surface area contributed by atoms with E-state index in [2.05, 4.69) is 5.32 Å². The summed E-state index contributed by atoms with van der Waals surface area (Å²) in [5.74, 6) is -0.382. The Morgan fingerprint density at radius 2 is 1.89 bits per heavy atom. The van der Waals surface area contributed by atoms with Crippen molar-refractivity contribution in [3.63, 3.8) is 0 Å². The molecule has 5 heteroatoms. The van der Waals surface area contributed by atoms with Crippen LogP contribution >= 0.6 is 0 Å². The van der Waals surface area contributed by atoms with Gasteiger partial charge in [-0.05, 0) is 32.9 Å². The van der Waals surface area contributed by atoms with Crippen LogP contribution in [0.1, 0.15) is 38.8 Å². The van der Waals surface area contributed by atoms with Gasteiger partial charge in [0.15, 0.2) is 9.84 Å². The highest BCUT2D eigenvalue weighted by Gasteiger charge is 2.40. The van der Waals surface area contributed by atoms with Crippen molar-refractivity contribution < 1.29 is 12.8 Å². The molecular formula is C14H22FNO2S. The molecule has 0 aliphatic rings. The lowest BCUT2D eigenvalue weighted by Gasteiger charge is -2.34. The van der Waals surface area contributed by atoms with E-state index in [0.717, 1.165) is 6.42 Å². The molecule has 3 nitrogen and oxygen atoms in total. The van der Waals surface area contributed by atoms with Gasteiger partial charge < -0.3 is 5.32 Å². The van der Waals surface area contributed by atoms with Crippen molar-refractivity contribution >= 4 is 9.84 Å². The monoisotopic (exact) mass is 287 g/mol. The van der Waals surface area contributed by atoms with Crippen LogP contribution in [0, 0.1) is 5.82 Å². The number of halogens is 1. The zero-order valence-corrected chi connectivity index (χ0v) is 12.7. The Morgan fingerprint density at radius 3 is 2.37 bits per heavy atom. The first-order valence-corrected chi connectivity index (χ1v) is 8.28. The van der Waals surface area contributed by atoms with Crippen molar-refractivity contribution in [1.29, 1.82) is 0 Å². The predicted octanol–water partition coefficient (Wildman–Crippen LogP) is 2.69. The highest BCUT2D eigenvalue weighted by Crippen LogP contribution is 2.33. The Kier molecular flexibility index (Phi) is 5.10. The molecule has 108 valence electrons. The van der Waals surface area contributed by atoms with Crippen LogP contribution < -0.4 is 5.32 Å². The Labute approximate surface area is 115 Å². The van der Waals surface area contributed by atoms with Crippen molar-refractivity contribution in [3.8, 4) is 0 Å². The molecule has 0 aliphatic carbocycles. The zero-order valence-electron chi connectivity index (χ0n) is 11.9. The smallest absolute Gasteiger partial charge is 0.154 e. The maximum absolute atomic E-state index is 14.0. The van der Waals surface area contributed by atoms with Gasteiger partial charge in [0.05, 0.1) is 10.8 Å². The lowest BCUT2D eigenvalue weighted by Crippen LogP contribution is -2.45. The maximum atomic E-state index is 14.0. The summed E-state index contributed by atoms with van der Waals surface area (Å²) in [6.45, 7) is 5.88. The van der Waals surface area contributed by atoms with Gasteiger partial charge in [0.1, 0.15) is 5.82 Å². The summed E-state index contributed by atoms with van der Waals surface area (Å²) < 4.78 is 36.8. The van der Waals surface area contributed by atoms with Crippen LogP contribution in [0.2, 0.25) is 0 Å². The van der Waals surface area contributed by atoms with Crippen molar-refractivity contribution in [2.24, 2.45) is 0 Å². The second-order valence-electron chi connectivity index (χ2n) is 5.28. The van der Waals surface area contributed by atoms with Gasteiger partial charge in [-0.25, -0.2) is 12.8 Å². The summed E-state index contributed by atoms with van der Waals surface area (Å²) in [5.41, 5.74) is 0.395. The summed E-state index contributed by atoms with van der Waals surface area (Å²) in [7, 11) is -3.33. The summed E-state index contributed by atoms with van der Waals surface area (Å²) in [6, 6.07) is 5.74. The van der Waals surface area contributed by atoms with E-state index in [0.29, 0.717) is 12.1 Å². The van der Waals surface area contributed by atoms with Gasteiger partial charge >= 0.3 is 0 Å². The minimum atomic E-state index is -3.33. The van der Waals surface area contributed by atoms with E-state index in [1.54, 1.807) is 32.0 Å². The topological polar surface area (TPSA) is 46.2 Å². The Morgan fingerprint density at radius 1 is 1.32 bits per heavy atom. The van der Waals surface area contributed by atoms with E-state index in [4.69, 9.17) is 0 Å². The third-order valence-electron chi connectivity index (χ3n) is 3.47. The van der Waals surface area contributed by atoms with Gasteiger partial charge in [-0.3, -0.25) is 0 Å². The van der Waals surface area contributed by atoms with E-state index in [1.807, 2.05) is 6.92 Å². The molecule has 0 amide bonds. The average Bonchev–Trinajstić information content (AvgIpc) is 2.30. The molecule has 0 bridgehead atoms. The average molecular weight is 287 g/mol. The molecule has 1 atom stereocenters. The van der Waals surface area contributed by atoms with Crippen molar-refractivity contribution in [2.75, 3.05) is 12.8 Å². The highest BCUT2D eigenvalue weighted by molar-refractivity contribution is 7.92. The first-order chi connectivity index (χ1) is 8.71. The normalized spacial score (nSPS) is 14.4. The molecule has 1 rings (SSSR count). The second kappa shape index (κ2) is 6.01. The molecular weight excluding hydrogens is 265 g/mol. The fraction of sp³-hybridized carbons (Fsp3) is 0.571. The fourth-order valence-electron chi connectivity index (χ4n) is 1.94. The molecule has 1 aromatic rings. The van der Waals surface area contributed by atoms with Crippen molar-refractivity contribution in [1.82, 2.24) is 5.32 Å². The minimum Gasteiger partial charge on any atom is -0.309 e. The van der Waals surface area contributed by atoms with E-state index >= 15 is 0 Å². The maximum Gasteiger partial charge on any atom is 0.154 e. The standard InChI is InChI=1S/C14H22FNO2S/c1-5-10-16-13(14(2,3)19(4,17)18)11-8-6-7-9-12(11)15/h6-9,13,16H,5,10H2,1-4H3. The quantitative estimate of drug-likeness (QED) is 0.875. The molecule has 1 unspecified atom stereocenters. The molecule has 0 fully saturated rings. The zero-order chi connectivity index (χ0) is 14.7. The third kappa shape index (κ3) is 3.54. The van der Waals surface area contributed by atoms with Crippen LogP contribution in [0.25, 0.3) is 0 Å². The molecule has 0 saturated carbocycles. The number of nitrogens with one attached hydrogen (secondary N) is 1. The fourth-order valence-corrected chi connectivity index (χ4v) is 2.58. The SMILES string of the molecule is CCCNC(c1ccccc1F)C(C)(C)S(C)(=O)=O. The minimum absolute atomic E-state index is 0.382.